The van der Waals surface area contributed by atoms with Crippen LogP contribution < -0.4 is 5.32 Å². The minimum atomic E-state index is -0.776. The van der Waals surface area contributed by atoms with Gasteiger partial charge in [-0.3, -0.25) is 19.3 Å². The number of fused-ring (bicyclic) bond motifs is 1. The number of hydrogen-bond acceptors (Lipinski definition) is 3. The molecule has 3 rings (SSSR count). The lowest BCUT2D eigenvalue weighted by Crippen LogP contribution is -2.46. The Hall–Kier alpha value is -2.17. The van der Waals surface area contributed by atoms with Crippen LogP contribution in [0.1, 0.15) is 45.1 Å². The molecule has 1 aromatic rings. The van der Waals surface area contributed by atoms with E-state index in [4.69, 9.17) is 0 Å². The van der Waals surface area contributed by atoms with Gasteiger partial charge in [0.1, 0.15) is 6.04 Å². The molecule has 24 heavy (non-hydrogen) atoms. The topological polar surface area (TPSA) is 66.5 Å². The second-order valence-corrected chi connectivity index (χ2v) is 6.76. The molecule has 5 heteroatoms. The van der Waals surface area contributed by atoms with Gasteiger partial charge in [0.25, 0.3) is 0 Å². The van der Waals surface area contributed by atoms with Crippen LogP contribution in [0.15, 0.2) is 24.3 Å². The Balaban J connectivity index is 1.70. The first-order valence-electron chi connectivity index (χ1n) is 8.79. The molecule has 1 heterocycles. The highest BCUT2D eigenvalue weighted by Crippen LogP contribution is 2.38. The lowest BCUT2D eigenvalue weighted by molar-refractivity contribution is -0.146. The maximum absolute atomic E-state index is 12.6. The highest BCUT2D eigenvalue weighted by molar-refractivity contribution is 6.09. The normalized spacial score (nSPS) is 24.7. The average molecular weight is 328 g/mol. The molecule has 2 fully saturated rings. The maximum Gasteiger partial charge on any atom is 0.247 e. The van der Waals surface area contributed by atoms with Gasteiger partial charge in [0, 0.05) is 5.69 Å². The van der Waals surface area contributed by atoms with Crippen LogP contribution in [0.4, 0.5) is 5.69 Å². The van der Waals surface area contributed by atoms with Gasteiger partial charge in [0.15, 0.2) is 0 Å². The molecule has 128 valence electrons. The molecule has 1 aromatic carbocycles. The van der Waals surface area contributed by atoms with Crippen molar-refractivity contribution >= 4 is 23.4 Å². The van der Waals surface area contributed by atoms with Gasteiger partial charge in [-0.1, -0.05) is 31.9 Å². The zero-order chi connectivity index (χ0) is 17.3. The standard InChI is InChI=1S/C19H24N2O3/c1-3-13-8-10-14(11-9-13)20-17(22)12(2)21-18(23)15-6-4-5-7-16(15)19(21)24/h8-12,15-16H,3-7H2,1-2H3,(H,20,22). The first-order valence-corrected chi connectivity index (χ1v) is 8.79. The van der Waals surface area contributed by atoms with Crippen molar-refractivity contribution in [3.63, 3.8) is 0 Å². The Morgan fingerprint density at radius 2 is 1.67 bits per heavy atom. The highest BCUT2D eigenvalue weighted by atomic mass is 16.2. The molecule has 3 amide bonds. The minimum absolute atomic E-state index is 0.173. The zero-order valence-electron chi connectivity index (χ0n) is 14.2. The van der Waals surface area contributed by atoms with Crippen molar-refractivity contribution in [2.75, 3.05) is 5.32 Å². The summed E-state index contributed by atoms with van der Waals surface area (Å²) in [6.45, 7) is 3.70. The molecule has 3 unspecified atom stereocenters. The van der Waals surface area contributed by atoms with Gasteiger partial charge in [-0.2, -0.15) is 0 Å². The maximum atomic E-state index is 12.6. The van der Waals surface area contributed by atoms with Crippen LogP contribution in [0.5, 0.6) is 0 Å². The number of anilines is 1. The number of benzene rings is 1. The van der Waals surface area contributed by atoms with Crippen molar-refractivity contribution in [2.45, 2.75) is 52.0 Å². The van der Waals surface area contributed by atoms with Crippen LogP contribution in [0.2, 0.25) is 0 Å². The molecule has 0 radical (unpaired) electrons. The van der Waals surface area contributed by atoms with Gasteiger partial charge in [0.05, 0.1) is 11.8 Å². The number of aryl methyl sites for hydroxylation is 1. The number of rotatable bonds is 4. The number of carbonyl (C=O) groups excluding carboxylic acids is 3. The average Bonchev–Trinajstić information content (AvgIpc) is 2.86. The SMILES string of the molecule is CCc1ccc(NC(=O)C(C)N2C(=O)C3CCCCC3C2=O)cc1. The van der Waals surface area contributed by atoms with Crippen molar-refractivity contribution in [3.05, 3.63) is 29.8 Å². The predicted molar refractivity (Wildman–Crippen MR) is 91.2 cm³/mol. The lowest BCUT2D eigenvalue weighted by Gasteiger charge is -2.22. The number of imide groups is 1. The number of nitrogens with zero attached hydrogens (tertiary/aromatic N) is 1. The van der Waals surface area contributed by atoms with Crippen LogP contribution in [-0.4, -0.2) is 28.7 Å². The second-order valence-electron chi connectivity index (χ2n) is 6.76. The Morgan fingerprint density at radius 1 is 1.12 bits per heavy atom. The molecule has 5 nitrogen and oxygen atoms in total. The van der Waals surface area contributed by atoms with E-state index in [0.29, 0.717) is 5.69 Å². The molecule has 1 N–H and O–H groups in total. The Kier molecular flexibility index (Phi) is 4.69. The largest absolute Gasteiger partial charge is 0.324 e. The van der Waals surface area contributed by atoms with E-state index in [1.165, 1.54) is 10.5 Å². The number of nitrogens with one attached hydrogen (secondary N) is 1. The van der Waals surface area contributed by atoms with Crippen molar-refractivity contribution in [3.8, 4) is 0 Å². The molecule has 0 aromatic heterocycles. The van der Waals surface area contributed by atoms with Gasteiger partial charge in [-0.25, -0.2) is 0 Å². The Bertz CT molecular complexity index is 629. The first kappa shape index (κ1) is 16.7. The molecule has 3 atom stereocenters. The number of hydrogen-bond donors (Lipinski definition) is 1. The smallest absolute Gasteiger partial charge is 0.247 e. The molecule has 2 aliphatic rings. The van der Waals surface area contributed by atoms with Crippen LogP contribution in [0, 0.1) is 11.8 Å². The van der Waals surface area contributed by atoms with E-state index in [1.54, 1.807) is 6.92 Å². The van der Waals surface area contributed by atoms with Crippen molar-refractivity contribution in [1.29, 1.82) is 0 Å². The third kappa shape index (κ3) is 2.95. The van der Waals surface area contributed by atoms with Crippen molar-refractivity contribution < 1.29 is 14.4 Å². The predicted octanol–water partition coefficient (Wildman–Crippen LogP) is 2.75. The number of carbonyl (C=O) groups is 3. The molecular weight excluding hydrogens is 304 g/mol. The van der Waals surface area contributed by atoms with E-state index in [-0.39, 0.29) is 29.6 Å². The van der Waals surface area contributed by atoms with Crippen LogP contribution in [0.3, 0.4) is 0 Å². The quantitative estimate of drug-likeness (QED) is 0.864. The summed E-state index contributed by atoms with van der Waals surface area (Å²) in [5.41, 5.74) is 1.87. The lowest BCUT2D eigenvalue weighted by atomic mass is 9.81. The van der Waals surface area contributed by atoms with Crippen molar-refractivity contribution in [1.82, 2.24) is 4.90 Å². The Morgan fingerprint density at radius 3 is 2.17 bits per heavy atom. The monoisotopic (exact) mass is 328 g/mol. The molecule has 0 bridgehead atoms. The van der Waals surface area contributed by atoms with Crippen LogP contribution in [-0.2, 0) is 20.8 Å². The first-order chi connectivity index (χ1) is 11.5. The summed E-state index contributed by atoms with van der Waals surface area (Å²) in [7, 11) is 0. The summed E-state index contributed by atoms with van der Waals surface area (Å²) in [5.74, 6) is -1.10. The summed E-state index contributed by atoms with van der Waals surface area (Å²) in [6.07, 6.45) is 4.43. The van der Waals surface area contributed by atoms with E-state index in [1.807, 2.05) is 24.3 Å². The molecule has 1 saturated heterocycles. The van der Waals surface area contributed by atoms with E-state index in [0.717, 1.165) is 32.1 Å². The number of amides is 3. The van der Waals surface area contributed by atoms with E-state index in [9.17, 15) is 14.4 Å². The van der Waals surface area contributed by atoms with Gasteiger partial charge in [-0.15, -0.1) is 0 Å². The van der Waals surface area contributed by atoms with E-state index < -0.39 is 6.04 Å². The van der Waals surface area contributed by atoms with Crippen LogP contribution >= 0.6 is 0 Å². The number of likely N-dealkylation sites (tertiary alicyclic amines) is 1. The van der Waals surface area contributed by atoms with E-state index in [2.05, 4.69) is 12.2 Å². The fourth-order valence-corrected chi connectivity index (χ4v) is 3.76. The zero-order valence-corrected chi connectivity index (χ0v) is 14.2. The van der Waals surface area contributed by atoms with Crippen molar-refractivity contribution in [2.24, 2.45) is 11.8 Å². The Labute approximate surface area is 142 Å². The summed E-state index contributed by atoms with van der Waals surface area (Å²) >= 11 is 0. The molecule has 1 aliphatic carbocycles. The summed E-state index contributed by atoms with van der Waals surface area (Å²) in [5, 5.41) is 2.81. The minimum Gasteiger partial charge on any atom is -0.324 e. The van der Waals surface area contributed by atoms with Gasteiger partial charge < -0.3 is 5.32 Å². The third-order valence-electron chi connectivity index (χ3n) is 5.27. The van der Waals surface area contributed by atoms with Gasteiger partial charge in [-0.05, 0) is 43.9 Å². The second kappa shape index (κ2) is 6.75. The fraction of sp³-hybridized carbons (Fsp3) is 0.526. The fourth-order valence-electron chi connectivity index (χ4n) is 3.76. The molecular formula is C19H24N2O3. The summed E-state index contributed by atoms with van der Waals surface area (Å²) in [6, 6.07) is 6.83. The third-order valence-corrected chi connectivity index (χ3v) is 5.27. The van der Waals surface area contributed by atoms with Gasteiger partial charge in [0.2, 0.25) is 17.7 Å². The van der Waals surface area contributed by atoms with E-state index >= 15 is 0 Å². The van der Waals surface area contributed by atoms with Crippen LogP contribution in [0.25, 0.3) is 0 Å². The summed E-state index contributed by atoms with van der Waals surface area (Å²) < 4.78 is 0. The summed E-state index contributed by atoms with van der Waals surface area (Å²) in [4.78, 5) is 38.8. The van der Waals surface area contributed by atoms with Gasteiger partial charge >= 0.3 is 0 Å². The molecule has 1 saturated carbocycles. The molecule has 0 spiro atoms. The highest BCUT2D eigenvalue weighted by Gasteiger charge is 2.50. The molecule has 1 aliphatic heterocycles.